The Hall–Kier alpha value is -1.02. The Morgan fingerprint density at radius 2 is 1.81 bits per heavy atom. The van der Waals surface area contributed by atoms with E-state index in [1.54, 1.807) is 21.9 Å². The zero-order chi connectivity index (χ0) is 19.3. The summed E-state index contributed by atoms with van der Waals surface area (Å²) in [5.41, 5.74) is 5.08. The van der Waals surface area contributed by atoms with Crippen LogP contribution in [0.3, 0.4) is 0 Å². The molecule has 1 saturated carbocycles. The maximum absolute atomic E-state index is 2.74. The van der Waals surface area contributed by atoms with E-state index in [0.717, 1.165) is 11.8 Å². The minimum Gasteiger partial charge on any atom is -0.364 e. The van der Waals surface area contributed by atoms with E-state index < -0.39 is 8.07 Å². The average Bonchev–Trinajstić information content (AvgIpc) is 3.18. The van der Waals surface area contributed by atoms with Crippen molar-refractivity contribution in [2.45, 2.75) is 91.0 Å². The maximum atomic E-state index is 2.74. The second-order valence-corrected chi connectivity index (χ2v) is 15.6. The van der Waals surface area contributed by atoms with Gasteiger partial charge in [-0.3, -0.25) is 0 Å². The molecule has 0 aromatic carbocycles. The third kappa shape index (κ3) is 3.32. The largest absolute Gasteiger partial charge is 0.364 e. The predicted octanol–water partition coefficient (Wildman–Crippen LogP) is 6.87. The fourth-order valence-corrected chi connectivity index (χ4v) is 7.73. The van der Waals surface area contributed by atoms with E-state index in [9.17, 15) is 0 Å². The van der Waals surface area contributed by atoms with Crippen LogP contribution in [-0.2, 0) is 0 Å². The lowest BCUT2D eigenvalue weighted by Crippen LogP contribution is -2.50. The molecule has 0 aromatic rings. The summed E-state index contributed by atoms with van der Waals surface area (Å²) in [5, 5.41) is 1.73. The molecule has 0 N–H and O–H groups in total. The van der Waals surface area contributed by atoms with Crippen molar-refractivity contribution in [1.29, 1.82) is 0 Å². The predicted molar refractivity (Wildman–Crippen MR) is 120 cm³/mol. The fourth-order valence-electron chi connectivity index (χ4n) is 6.02. The van der Waals surface area contributed by atoms with Crippen molar-refractivity contribution in [2.24, 2.45) is 17.8 Å². The lowest BCUT2D eigenvalue weighted by molar-refractivity contribution is 0.198. The Bertz CT molecular complexity index is 711. The molecule has 148 valence electrons. The second-order valence-electron chi connectivity index (χ2n) is 10.6. The number of hydrogen-bond acceptors (Lipinski definition) is 1. The van der Waals surface area contributed by atoms with Gasteiger partial charge >= 0.3 is 0 Å². The van der Waals surface area contributed by atoms with Crippen LogP contribution in [0.5, 0.6) is 0 Å². The van der Waals surface area contributed by atoms with Crippen LogP contribution in [0.4, 0.5) is 0 Å². The first-order valence-electron chi connectivity index (χ1n) is 11.4. The molecule has 0 bridgehead atoms. The van der Waals surface area contributed by atoms with Gasteiger partial charge in [0.05, 0.1) is 14.1 Å². The summed E-state index contributed by atoms with van der Waals surface area (Å²) in [6, 6.07) is 1.09. The molecule has 4 unspecified atom stereocenters. The van der Waals surface area contributed by atoms with Crippen LogP contribution in [0.1, 0.15) is 59.3 Å². The summed E-state index contributed by atoms with van der Waals surface area (Å²) in [5.74, 6) is 2.27. The first kappa shape index (κ1) is 19.3. The number of hydrogen-bond donors (Lipinski definition) is 0. The quantitative estimate of drug-likeness (QED) is 0.482. The third-order valence-electron chi connectivity index (χ3n) is 7.94. The molecule has 4 aliphatic rings. The zero-order valence-electron chi connectivity index (χ0n) is 18.4. The molecule has 2 heteroatoms. The summed E-state index contributed by atoms with van der Waals surface area (Å²) in [6.45, 7) is 15.0. The van der Waals surface area contributed by atoms with Crippen molar-refractivity contribution >= 4 is 8.07 Å². The van der Waals surface area contributed by atoms with Gasteiger partial charge in [0.1, 0.15) is 0 Å². The normalized spacial score (nSPS) is 32.8. The van der Waals surface area contributed by atoms with Crippen LogP contribution in [0.25, 0.3) is 0 Å². The summed E-state index contributed by atoms with van der Waals surface area (Å²) in [7, 11) is -1.38. The summed E-state index contributed by atoms with van der Waals surface area (Å²) < 4.78 is 0. The molecule has 2 aliphatic carbocycles. The second kappa shape index (κ2) is 7.10. The van der Waals surface area contributed by atoms with Gasteiger partial charge in [0, 0.05) is 12.0 Å². The van der Waals surface area contributed by atoms with Crippen molar-refractivity contribution in [1.82, 2.24) is 4.90 Å². The van der Waals surface area contributed by atoms with E-state index in [-0.39, 0.29) is 0 Å². The monoisotopic (exact) mass is 381 g/mol. The molecule has 0 amide bonds. The lowest BCUT2D eigenvalue weighted by Gasteiger charge is -2.50. The van der Waals surface area contributed by atoms with Crippen molar-refractivity contribution in [3.8, 4) is 0 Å². The van der Waals surface area contributed by atoms with E-state index in [1.807, 2.05) is 0 Å². The Kier molecular flexibility index (Phi) is 5.07. The Labute approximate surface area is 168 Å². The zero-order valence-corrected chi connectivity index (χ0v) is 19.4. The standard InChI is InChI=1S/C25H39NSi/c1-17-19(3)26-16-25(27(4,5)6)23(18(2)20-11-7-8-12-20)15-24(26)22-14-10-9-13-21(17)22/h9,13,15-20,24H,7-8,10-12,14H2,1-6H3. The topological polar surface area (TPSA) is 3.24 Å². The van der Waals surface area contributed by atoms with Gasteiger partial charge in [-0.05, 0) is 72.6 Å². The molecule has 0 aromatic heterocycles. The highest BCUT2D eigenvalue weighted by atomic mass is 28.3. The Morgan fingerprint density at radius 3 is 2.48 bits per heavy atom. The molecule has 4 atom stereocenters. The summed E-state index contributed by atoms with van der Waals surface area (Å²) in [4.78, 5) is 2.74. The van der Waals surface area contributed by atoms with E-state index in [2.05, 4.69) is 69.7 Å². The molecular formula is C25H39NSi. The molecule has 27 heavy (non-hydrogen) atoms. The molecule has 1 fully saturated rings. The minimum atomic E-state index is -1.38. The lowest BCUT2D eigenvalue weighted by atomic mass is 9.75. The van der Waals surface area contributed by atoms with Crippen LogP contribution >= 0.6 is 0 Å². The smallest absolute Gasteiger partial charge is 0.0798 e. The highest BCUT2D eigenvalue weighted by Gasteiger charge is 2.41. The van der Waals surface area contributed by atoms with Gasteiger partial charge in [0.2, 0.25) is 0 Å². The number of fused-ring (bicyclic) bond motifs is 2. The molecule has 1 nitrogen and oxygen atoms in total. The fraction of sp³-hybridized carbons (Fsp3) is 0.680. The van der Waals surface area contributed by atoms with Gasteiger partial charge in [-0.15, -0.1) is 0 Å². The molecule has 2 aliphatic heterocycles. The highest BCUT2D eigenvalue weighted by molar-refractivity contribution is 6.84. The first-order chi connectivity index (χ1) is 12.8. The summed E-state index contributed by atoms with van der Waals surface area (Å²) >= 11 is 0. The van der Waals surface area contributed by atoms with Gasteiger partial charge in [-0.2, -0.15) is 0 Å². The van der Waals surface area contributed by atoms with Crippen molar-refractivity contribution in [3.05, 3.63) is 46.3 Å². The average molecular weight is 382 g/mol. The van der Waals surface area contributed by atoms with E-state index >= 15 is 0 Å². The van der Waals surface area contributed by atoms with Crippen molar-refractivity contribution in [3.63, 3.8) is 0 Å². The summed E-state index contributed by atoms with van der Waals surface area (Å²) in [6.07, 6.45) is 18.5. The van der Waals surface area contributed by atoms with Crippen molar-refractivity contribution in [2.75, 3.05) is 0 Å². The van der Waals surface area contributed by atoms with Gasteiger partial charge < -0.3 is 4.90 Å². The molecule has 2 heterocycles. The van der Waals surface area contributed by atoms with Crippen LogP contribution in [0.15, 0.2) is 46.3 Å². The SMILES string of the molecule is CC(C1=CC2C3=C(C=CCC3)C(C)C(C)N2C=C1[Si](C)(C)C)C1CCCC1. The third-order valence-corrected chi connectivity index (χ3v) is 9.98. The number of rotatable bonds is 3. The maximum Gasteiger partial charge on any atom is 0.0798 e. The van der Waals surface area contributed by atoms with Crippen LogP contribution in [-0.4, -0.2) is 25.1 Å². The Balaban J connectivity index is 1.79. The van der Waals surface area contributed by atoms with Crippen LogP contribution in [0, 0.1) is 17.8 Å². The first-order valence-corrected chi connectivity index (χ1v) is 14.9. The van der Waals surface area contributed by atoms with Crippen LogP contribution < -0.4 is 0 Å². The molecule has 0 radical (unpaired) electrons. The molecular weight excluding hydrogens is 342 g/mol. The number of allylic oxidation sites excluding steroid dienone is 4. The van der Waals surface area contributed by atoms with Gasteiger partial charge in [-0.1, -0.05) is 64.6 Å². The van der Waals surface area contributed by atoms with E-state index in [1.165, 1.54) is 38.5 Å². The van der Waals surface area contributed by atoms with E-state index in [4.69, 9.17) is 0 Å². The van der Waals surface area contributed by atoms with Gasteiger partial charge in [-0.25, -0.2) is 0 Å². The highest BCUT2D eigenvalue weighted by Crippen LogP contribution is 2.46. The molecule has 4 rings (SSSR count). The van der Waals surface area contributed by atoms with E-state index in [0.29, 0.717) is 18.0 Å². The van der Waals surface area contributed by atoms with Gasteiger partial charge in [0.15, 0.2) is 0 Å². The van der Waals surface area contributed by atoms with Crippen LogP contribution in [0.2, 0.25) is 19.6 Å². The molecule has 0 saturated heterocycles. The van der Waals surface area contributed by atoms with Gasteiger partial charge in [0.25, 0.3) is 0 Å². The number of nitrogens with zero attached hydrogens (tertiary/aromatic N) is 1. The molecule has 0 spiro atoms. The van der Waals surface area contributed by atoms with Crippen molar-refractivity contribution < 1.29 is 0 Å². The Morgan fingerprint density at radius 1 is 1.11 bits per heavy atom. The minimum absolute atomic E-state index is 0.509.